The Hall–Kier alpha value is -2.02. The van der Waals surface area contributed by atoms with Crippen LogP contribution < -0.4 is 5.32 Å². The van der Waals surface area contributed by atoms with Crippen LogP contribution in [0.3, 0.4) is 0 Å². The maximum absolute atomic E-state index is 11.9. The molecule has 1 aromatic heterocycles. The summed E-state index contributed by atoms with van der Waals surface area (Å²) >= 11 is 14.0. The number of benzene rings is 2. The van der Waals surface area contributed by atoms with E-state index in [4.69, 9.17) is 23.2 Å². The van der Waals surface area contributed by atoms with Gasteiger partial charge in [-0.1, -0.05) is 79.1 Å². The van der Waals surface area contributed by atoms with Gasteiger partial charge in [-0.2, -0.15) is 0 Å². The molecule has 0 saturated carbocycles. The highest BCUT2D eigenvalue weighted by atomic mass is 35.5. The molecule has 0 aliphatic carbocycles. The molecule has 5 nitrogen and oxygen atoms in total. The van der Waals surface area contributed by atoms with Crippen molar-refractivity contribution in [2.45, 2.75) is 38.3 Å². The first-order valence-corrected chi connectivity index (χ1v) is 12.1. The molecule has 2 aromatic carbocycles. The van der Waals surface area contributed by atoms with Gasteiger partial charge in [-0.05, 0) is 37.0 Å². The van der Waals surface area contributed by atoms with Gasteiger partial charge in [0.05, 0.1) is 15.7 Å². The zero-order valence-corrected chi connectivity index (χ0v) is 20.0. The van der Waals surface area contributed by atoms with Gasteiger partial charge < -0.3 is 5.32 Å². The molecule has 0 aliphatic heterocycles. The van der Waals surface area contributed by atoms with E-state index in [0.29, 0.717) is 22.4 Å². The summed E-state index contributed by atoms with van der Waals surface area (Å²) in [5.74, 6) is 2.16. The van der Waals surface area contributed by atoms with Crippen LogP contribution >= 0.6 is 35.0 Å². The van der Waals surface area contributed by atoms with Crippen molar-refractivity contribution >= 4 is 40.9 Å². The molecule has 31 heavy (non-hydrogen) atoms. The topological polar surface area (TPSA) is 59.8 Å². The lowest BCUT2D eigenvalue weighted by Crippen LogP contribution is -2.26. The van der Waals surface area contributed by atoms with Gasteiger partial charge in [0, 0.05) is 24.3 Å². The van der Waals surface area contributed by atoms with Crippen LogP contribution in [0.4, 0.5) is 0 Å². The van der Waals surface area contributed by atoms with Gasteiger partial charge in [0.25, 0.3) is 0 Å². The normalized spacial score (nSPS) is 11.1. The summed E-state index contributed by atoms with van der Waals surface area (Å²) in [5, 5.41) is 13.6. The highest BCUT2D eigenvalue weighted by Crippen LogP contribution is 2.31. The lowest BCUT2D eigenvalue weighted by atomic mass is 10.2. The van der Waals surface area contributed by atoms with E-state index in [1.54, 1.807) is 17.8 Å². The second kappa shape index (κ2) is 11.6. The minimum absolute atomic E-state index is 0.115. The highest BCUT2D eigenvalue weighted by Gasteiger charge is 2.17. The van der Waals surface area contributed by atoms with E-state index in [1.807, 2.05) is 47.0 Å². The number of unbranched alkanes of at least 4 members (excludes halogenated alkanes) is 1. The molecule has 3 rings (SSSR count). The number of nitrogens with zero attached hydrogens (tertiary/aromatic N) is 3. The van der Waals surface area contributed by atoms with Gasteiger partial charge in [-0.25, -0.2) is 0 Å². The predicted octanol–water partition coefficient (Wildman–Crippen LogP) is 6.28. The molecule has 0 bridgehead atoms. The summed E-state index contributed by atoms with van der Waals surface area (Å²) < 4.78 is 2.00. The Morgan fingerprint density at radius 3 is 2.55 bits per heavy atom. The summed E-state index contributed by atoms with van der Waals surface area (Å²) in [7, 11) is 0. The van der Waals surface area contributed by atoms with Gasteiger partial charge in [0.2, 0.25) is 5.91 Å². The number of carbonyl (C=O) groups is 1. The van der Waals surface area contributed by atoms with Crippen molar-refractivity contribution in [3.05, 3.63) is 58.6 Å². The van der Waals surface area contributed by atoms with Crippen molar-refractivity contribution in [2.75, 3.05) is 12.3 Å². The molecule has 0 saturated heterocycles. The molecule has 3 aromatic rings. The molecule has 1 heterocycles. The van der Waals surface area contributed by atoms with E-state index in [2.05, 4.69) is 29.4 Å². The Morgan fingerprint density at radius 2 is 1.84 bits per heavy atom. The molecule has 0 spiro atoms. The first kappa shape index (κ1) is 23.6. The van der Waals surface area contributed by atoms with Crippen molar-refractivity contribution in [1.29, 1.82) is 0 Å². The summed E-state index contributed by atoms with van der Waals surface area (Å²) in [6, 6.07) is 15.4. The summed E-state index contributed by atoms with van der Waals surface area (Å²) in [5.41, 5.74) is 1.82. The van der Waals surface area contributed by atoms with Crippen LogP contribution in [0.15, 0.2) is 53.7 Å². The number of nitrogens with one attached hydrogen (secondary N) is 1. The number of aromatic nitrogens is 3. The molecule has 0 aliphatic rings. The number of amides is 1. The third kappa shape index (κ3) is 6.73. The van der Waals surface area contributed by atoms with Gasteiger partial charge in [0.15, 0.2) is 11.0 Å². The second-order valence-electron chi connectivity index (χ2n) is 7.61. The molecule has 0 radical (unpaired) electrons. The van der Waals surface area contributed by atoms with E-state index < -0.39 is 0 Å². The Kier molecular flexibility index (Phi) is 8.81. The van der Waals surface area contributed by atoms with E-state index in [1.165, 1.54) is 0 Å². The second-order valence-corrected chi connectivity index (χ2v) is 9.49. The molecule has 1 N–H and O–H groups in total. The number of halogens is 2. The van der Waals surface area contributed by atoms with E-state index in [-0.39, 0.29) is 5.91 Å². The average Bonchev–Trinajstić information content (AvgIpc) is 3.18. The molecule has 0 unspecified atom stereocenters. The minimum Gasteiger partial charge on any atom is -0.356 e. The number of hydrogen-bond acceptors (Lipinski definition) is 4. The van der Waals surface area contributed by atoms with Crippen molar-refractivity contribution in [1.82, 2.24) is 20.1 Å². The third-order valence-electron chi connectivity index (χ3n) is 4.56. The average molecular weight is 477 g/mol. The van der Waals surface area contributed by atoms with Crippen LogP contribution in [-0.4, -0.2) is 33.0 Å². The van der Waals surface area contributed by atoms with Crippen LogP contribution in [-0.2, 0) is 4.79 Å². The van der Waals surface area contributed by atoms with Gasteiger partial charge >= 0.3 is 0 Å². The van der Waals surface area contributed by atoms with Crippen LogP contribution in [0.2, 0.25) is 10.0 Å². The molecular weight excluding hydrogens is 451 g/mol. The Bertz CT molecular complexity index is 1010. The lowest BCUT2D eigenvalue weighted by Gasteiger charge is -2.11. The fourth-order valence-corrected chi connectivity index (χ4v) is 4.19. The summed E-state index contributed by atoms with van der Waals surface area (Å²) in [6.45, 7) is 4.90. The van der Waals surface area contributed by atoms with Gasteiger partial charge in [0.1, 0.15) is 0 Å². The third-order valence-corrected chi connectivity index (χ3v) is 6.32. The molecule has 164 valence electrons. The smallest absolute Gasteiger partial charge is 0.220 e. The number of thioether (sulfide) groups is 1. The van der Waals surface area contributed by atoms with Gasteiger partial charge in [-0.15, -0.1) is 10.2 Å². The van der Waals surface area contributed by atoms with E-state index >= 15 is 0 Å². The van der Waals surface area contributed by atoms with Crippen LogP contribution in [0.25, 0.3) is 17.1 Å². The minimum atomic E-state index is 0.115. The molecular formula is C23H26Cl2N4OS. The predicted molar refractivity (Wildman–Crippen MR) is 129 cm³/mol. The number of hydrogen-bond donors (Lipinski definition) is 1. The number of rotatable bonds is 10. The van der Waals surface area contributed by atoms with E-state index in [0.717, 1.165) is 47.4 Å². The number of carbonyl (C=O) groups excluding carboxylic acids is 1. The zero-order chi connectivity index (χ0) is 22.2. The van der Waals surface area contributed by atoms with Crippen molar-refractivity contribution in [3.63, 3.8) is 0 Å². The fraction of sp³-hybridized carbons (Fsp3) is 0.348. The van der Waals surface area contributed by atoms with Crippen LogP contribution in [0, 0.1) is 5.92 Å². The summed E-state index contributed by atoms with van der Waals surface area (Å²) in [4.78, 5) is 11.9. The van der Waals surface area contributed by atoms with Crippen LogP contribution in [0.1, 0.15) is 33.1 Å². The fourth-order valence-electron chi connectivity index (χ4n) is 2.95. The Balaban J connectivity index is 1.70. The maximum Gasteiger partial charge on any atom is 0.220 e. The highest BCUT2D eigenvalue weighted by molar-refractivity contribution is 7.99. The quantitative estimate of drug-likeness (QED) is 0.276. The monoisotopic (exact) mass is 476 g/mol. The maximum atomic E-state index is 11.9. The van der Waals surface area contributed by atoms with E-state index in [9.17, 15) is 4.79 Å². The van der Waals surface area contributed by atoms with Gasteiger partial charge in [-0.3, -0.25) is 9.36 Å². The first-order valence-electron chi connectivity index (χ1n) is 10.3. The molecule has 8 heteroatoms. The lowest BCUT2D eigenvalue weighted by molar-refractivity contribution is -0.121. The summed E-state index contributed by atoms with van der Waals surface area (Å²) in [6.07, 6.45) is 2.29. The van der Waals surface area contributed by atoms with Crippen molar-refractivity contribution in [3.8, 4) is 17.1 Å². The standard InChI is InChI=1S/C23H26Cl2N4OS/c1-16(2)15-26-21(30)10-6-7-13-31-23-28-27-22(17-8-4-3-5-9-17)29(23)18-11-12-19(24)20(25)14-18/h3-5,8-9,11-12,14,16H,6-7,10,13,15H2,1-2H3,(H,26,30). The molecule has 0 atom stereocenters. The Morgan fingerprint density at radius 1 is 1.06 bits per heavy atom. The Labute approximate surface area is 197 Å². The van der Waals surface area contributed by atoms with Crippen LogP contribution in [0.5, 0.6) is 0 Å². The zero-order valence-electron chi connectivity index (χ0n) is 17.6. The molecule has 1 amide bonds. The largest absolute Gasteiger partial charge is 0.356 e. The first-order chi connectivity index (χ1) is 15.0. The molecule has 0 fully saturated rings. The van der Waals surface area contributed by atoms with Crippen molar-refractivity contribution < 1.29 is 4.79 Å². The van der Waals surface area contributed by atoms with Crippen molar-refractivity contribution in [2.24, 2.45) is 5.92 Å². The SMILES string of the molecule is CC(C)CNC(=O)CCCCSc1nnc(-c2ccccc2)n1-c1ccc(Cl)c(Cl)c1.